The van der Waals surface area contributed by atoms with E-state index in [4.69, 9.17) is 9.47 Å². The molecule has 0 heterocycles. The molecule has 0 aliphatic heterocycles. The number of thioether (sulfide) groups is 1. The molecule has 2 aromatic carbocycles. The molecule has 4 nitrogen and oxygen atoms in total. The fourth-order valence-corrected chi connectivity index (χ4v) is 3.28. The Labute approximate surface area is 153 Å². The summed E-state index contributed by atoms with van der Waals surface area (Å²) in [6, 6.07) is 15.8. The SMILES string of the molecule is CC[C@@H](NC(=O)CSCc1ccc(OC)cc1)c1ccc(OC)cc1. The third kappa shape index (κ3) is 6.02. The highest BCUT2D eigenvalue weighted by molar-refractivity contribution is 7.99. The van der Waals surface area contributed by atoms with E-state index >= 15 is 0 Å². The van der Waals surface area contributed by atoms with Gasteiger partial charge in [-0.2, -0.15) is 0 Å². The maximum atomic E-state index is 12.2. The molecule has 0 aliphatic carbocycles. The van der Waals surface area contributed by atoms with E-state index in [2.05, 4.69) is 12.2 Å². The summed E-state index contributed by atoms with van der Waals surface area (Å²) in [5.41, 5.74) is 2.28. The summed E-state index contributed by atoms with van der Waals surface area (Å²) in [6.45, 7) is 2.07. The first-order valence-corrected chi connectivity index (χ1v) is 9.45. The summed E-state index contributed by atoms with van der Waals surface area (Å²) in [6.07, 6.45) is 0.848. The van der Waals surface area contributed by atoms with Gasteiger partial charge in [-0.3, -0.25) is 4.79 Å². The third-order valence-electron chi connectivity index (χ3n) is 3.92. The number of benzene rings is 2. The Hall–Kier alpha value is -2.14. The Balaban J connectivity index is 1.80. The Morgan fingerprint density at radius 2 is 1.56 bits per heavy atom. The molecule has 5 heteroatoms. The van der Waals surface area contributed by atoms with Crippen LogP contribution in [0.3, 0.4) is 0 Å². The molecule has 0 saturated carbocycles. The number of nitrogens with one attached hydrogen (secondary N) is 1. The van der Waals surface area contributed by atoms with E-state index in [1.807, 2.05) is 48.5 Å². The van der Waals surface area contributed by atoms with Gasteiger partial charge in [0.25, 0.3) is 0 Å². The molecule has 2 rings (SSSR count). The van der Waals surface area contributed by atoms with Gasteiger partial charge in [0.1, 0.15) is 11.5 Å². The lowest BCUT2D eigenvalue weighted by atomic mass is 10.0. The number of carbonyl (C=O) groups excluding carboxylic acids is 1. The van der Waals surface area contributed by atoms with Crippen molar-refractivity contribution >= 4 is 17.7 Å². The van der Waals surface area contributed by atoms with Crippen molar-refractivity contribution in [2.75, 3.05) is 20.0 Å². The Bertz CT molecular complexity index is 656. The number of rotatable bonds is 9. The van der Waals surface area contributed by atoms with Crippen LogP contribution >= 0.6 is 11.8 Å². The lowest BCUT2D eigenvalue weighted by Crippen LogP contribution is -2.29. The summed E-state index contributed by atoms with van der Waals surface area (Å²) in [5, 5.41) is 3.10. The lowest BCUT2D eigenvalue weighted by molar-refractivity contribution is -0.119. The highest BCUT2D eigenvalue weighted by Crippen LogP contribution is 2.21. The summed E-state index contributed by atoms with van der Waals surface area (Å²) < 4.78 is 10.3. The van der Waals surface area contributed by atoms with Crippen LogP contribution in [0.25, 0.3) is 0 Å². The second kappa shape index (κ2) is 9.99. The summed E-state index contributed by atoms with van der Waals surface area (Å²) in [7, 11) is 3.30. The standard InChI is InChI=1S/C20H25NO3S/c1-4-19(16-7-11-18(24-3)12-8-16)21-20(22)14-25-13-15-5-9-17(23-2)10-6-15/h5-12,19H,4,13-14H2,1-3H3,(H,21,22)/t19-/m1/s1. The summed E-state index contributed by atoms with van der Waals surface area (Å²) in [4.78, 5) is 12.2. The van der Waals surface area contributed by atoms with Gasteiger partial charge in [0.05, 0.1) is 26.0 Å². The Kier molecular flexibility index (Phi) is 7.67. The second-order valence-electron chi connectivity index (χ2n) is 5.64. The molecule has 25 heavy (non-hydrogen) atoms. The topological polar surface area (TPSA) is 47.6 Å². The molecular formula is C20H25NO3S. The predicted octanol–water partition coefficient (Wildman–Crippen LogP) is 4.20. The van der Waals surface area contributed by atoms with Crippen LogP contribution in [0, 0.1) is 0 Å². The molecule has 0 fully saturated rings. The van der Waals surface area contributed by atoms with Gasteiger partial charge in [-0.25, -0.2) is 0 Å². The number of ether oxygens (including phenoxy) is 2. The van der Waals surface area contributed by atoms with E-state index in [-0.39, 0.29) is 11.9 Å². The van der Waals surface area contributed by atoms with E-state index in [0.717, 1.165) is 29.2 Å². The minimum Gasteiger partial charge on any atom is -0.497 e. The summed E-state index contributed by atoms with van der Waals surface area (Å²) >= 11 is 1.61. The quantitative estimate of drug-likeness (QED) is 0.729. The molecule has 0 spiro atoms. The summed E-state index contributed by atoms with van der Waals surface area (Å²) in [5.74, 6) is 2.97. The molecule has 1 atom stereocenters. The highest BCUT2D eigenvalue weighted by atomic mass is 32.2. The van der Waals surface area contributed by atoms with Gasteiger partial charge >= 0.3 is 0 Å². The second-order valence-corrected chi connectivity index (χ2v) is 6.63. The minimum absolute atomic E-state index is 0.0278. The van der Waals surface area contributed by atoms with Gasteiger partial charge in [0.2, 0.25) is 5.91 Å². The molecule has 134 valence electrons. The molecule has 0 aliphatic rings. The van der Waals surface area contributed by atoms with Crippen LogP contribution in [0.5, 0.6) is 11.5 Å². The number of hydrogen-bond acceptors (Lipinski definition) is 4. The number of methoxy groups -OCH3 is 2. The predicted molar refractivity (Wildman–Crippen MR) is 103 cm³/mol. The first-order valence-electron chi connectivity index (χ1n) is 8.30. The van der Waals surface area contributed by atoms with Crippen LogP contribution in [0.4, 0.5) is 0 Å². The highest BCUT2D eigenvalue weighted by Gasteiger charge is 2.12. The van der Waals surface area contributed by atoms with Crippen molar-refractivity contribution in [3.8, 4) is 11.5 Å². The van der Waals surface area contributed by atoms with Gasteiger partial charge in [0, 0.05) is 5.75 Å². The van der Waals surface area contributed by atoms with E-state index < -0.39 is 0 Å². The normalized spacial score (nSPS) is 11.6. The average molecular weight is 359 g/mol. The molecule has 0 aromatic heterocycles. The first-order chi connectivity index (χ1) is 12.2. The fourth-order valence-electron chi connectivity index (χ4n) is 2.48. The van der Waals surface area contributed by atoms with Crippen molar-refractivity contribution in [3.05, 3.63) is 59.7 Å². The molecular weight excluding hydrogens is 334 g/mol. The van der Waals surface area contributed by atoms with Crippen molar-refractivity contribution in [1.82, 2.24) is 5.32 Å². The van der Waals surface area contributed by atoms with Gasteiger partial charge in [-0.05, 0) is 41.8 Å². The van der Waals surface area contributed by atoms with Crippen molar-refractivity contribution in [1.29, 1.82) is 0 Å². The van der Waals surface area contributed by atoms with E-state index in [9.17, 15) is 4.79 Å². The monoisotopic (exact) mass is 359 g/mol. The van der Waals surface area contributed by atoms with Crippen LogP contribution in [-0.4, -0.2) is 25.9 Å². The van der Waals surface area contributed by atoms with E-state index in [1.54, 1.807) is 26.0 Å². The zero-order valence-corrected chi connectivity index (χ0v) is 15.8. The number of carbonyl (C=O) groups is 1. The zero-order chi connectivity index (χ0) is 18.1. The zero-order valence-electron chi connectivity index (χ0n) is 15.0. The van der Waals surface area contributed by atoms with Crippen LogP contribution in [0.2, 0.25) is 0 Å². The van der Waals surface area contributed by atoms with E-state index in [1.165, 1.54) is 5.56 Å². The molecule has 1 N–H and O–H groups in total. The van der Waals surface area contributed by atoms with Crippen molar-refractivity contribution in [2.24, 2.45) is 0 Å². The van der Waals surface area contributed by atoms with Gasteiger partial charge in [0.15, 0.2) is 0 Å². The van der Waals surface area contributed by atoms with Gasteiger partial charge < -0.3 is 14.8 Å². The molecule has 2 aromatic rings. The average Bonchev–Trinajstić information content (AvgIpc) is 2.66. The molecule has 0 unspecified atom stereocenters. The van der Waals surface area contributed by atoms with Crippen LogP contribution in [-0.2, 0) is 10.5 Å². The van der Waals surface area contributed by atoms with Crippen LogP contribution in [0.1, 0.15) is 30.5 Å². The van der Waals surface area contributed by atoms with Crippen molar-refractivity contribution in [3.63, 3.8) is 0 Å². The van der Waals surface area contributed by atoms with Crippen LogP contribution < -0.4 is 14.8 Å². The maximum absolute atomic E-state index is 12.2. The molecule has 0 bridgehead atoms. The van der Waals surface area contributed by atoms with Gasteiger partial charge in [-0.1, -0.05) is 31.2 Å². The number of amides is 1. The maximum Gasteiger partial charge on any atom is 0.230 e. The third-order valence-corrected chi connectivity index (χ3v) is 4.93. The lowest BCUT2D eigenvalue weighted by Gasteiger charge is -2.17. The van der Waals surface area contributed by atoms with Crippen molar-refractivity contribution in [2.45, 2.75) is 25.1 Å². The molecule has 0 saturated heterocycles. The van der Waals surface area contributed by atoms with Crippen LogP contribution in [0.15, 0.2) is 48.5 Å². The van der Waals surface area contributed by atoms with Crippen molar-refractivity contribution < 1.29 is 14.3 Å². The Morgan fingerprint density at radius 1 is 1.00 bits per heavy atom. The smallest absolute Gasteiger partial charge is 0.230 e. The fraction of sp³-hybridized carbons (Fsp3) is 0.350. The Morgan fingerprint density at radius 3 is 2.08 bits per heavy atom. The first kappa shape index (κ1) is 19.2. The molecule has 1 amide bonds. The molecule has 0 radical (unpaired) electrons. The number of hydrogen-bond donors (Lipinski definition) is 1. The minimum atomic E-state index is 0.0278. The van der Waals surface area contributed by atoms with E-state index in [0.29, 0.717) is 5.75 Å². The van der Waals surface area contributed by atoms with Gasteiger partial charge in [-0.15, -0.1) is 11.8 Å². The largest absolute Gasteiger partial charge is 0.497 e.